The largest absolute Gasteiger partial charge is 0.480 e. The topological polar surface area (TPSA) is 71.4 Å². The van der Waals surface area contributed by atoms with Crippen LogP contribution in [0.2, 0.25) is 0 Å². The molecule has 0 heterocycles. The van der Waals surface area contributed by atoms with Crippen molar-refractivity contribution in [3.8, 4) is 0 Å². The van der Waals surface area contributed by atoms with Gasteiger partial charge in [0, 0.05) is 0 Å². The fraction of sp³-hybridized carbons (Fsp3) is 0.250. The third-order valence-electron chi connectivity index (χ3n) is 0.578. The van der Waals surface area contributed by atoms with Crippen molar-refractivity contribution in [1.29, 1.82) is 0 Å². The molecule has 0 aliphatic rings. The lowest BCUT2D eigenvalue weighted by Crippen LogP contribution is -2.15. The van der Waals surface area contributed by atoms with Crippen molar-refractivity contribution < 1.29 is 19.5 Å². The van der Waals surface area contributed by atoms with E-state index in [9.17, 15) is 14.4 Å². The van der Waals surface area contributed by atoms with Gasteiger partial charge in [0.15, 0.2) is 5.92 Å². The van der Waals surface area contributed by atoms with E-state index < -0.39 is 11.9 Å². The Morgan fingerprint density at radius 3 is 1.75 bits per heavy atom. The summed E-state index contributed by atoms with van der Waals surface area (Å²) in [5, 5.41) is 7.91. The van der Waals surface area contributed by atoms with Crippen LogP contribution >= 0.6 is 0 Å². The lowest BCUT2D eigenvalue weighted by molar-refractivity contribution is -0.144. The van der Waals surface area contributed by atoms with Crippen LogP contribution in [0.1, 0.15) is 0 Å². The first-order chi connectivity index (χ1) is 3.72. The van der Waals surface area contributed by atoms with E-state index in [2.05, 4.69) is 0 Å². The van der Waals surface area contributed by atoms with Crippen molar-refractivity contribution >= 4 is 18.5 Å². The third kappa shape index (κ3) is 1.51. The van der Waals surface area contributed by atoms with Crippen LogP contribution in [-0.2, 0) is 14.4 Å². The first-order valence-electron chi connectivity index (χ1n) is 1.85. The number of carbonyl (C=O) groups excluding carboxylic acids is 2. The summed E-state index contributed by atoms with van der Waals surface area (Å²) < 4.78 is 0. The summed E-state index contributed by atoms with van der Waals surface area (Å²) in [6.07, 6.45) is 0.157. The molecule has 4 nitrogen and oxygen atoms in total. The second-order valence-electron chi connectivity index (χ2n) is 1.14. The van der Waals surface area contributed by atoms with Crippen molar-refractivity contribution in [1.82, 2.24) is 0 Å². The molecule has 0 aliphatic carbocycles. The highest BCUT2D eigenvalue weighted by Crippen LogP contribution is 1.82. The lowest BCUT2D eigenvalue weighted by Gasteiger charge is -1.87. The van der Waals surface area contributed by atoms with E-state index in [1.54, 1.807) is 0 Å². The van der Waals surface area contributed by atoms with E-state index >= 15 is 0 Å². The molecule has 1 N–H and O–H groups in total. The number of carbonyl (C=O) groups is 3. The van der Waals surface area contributed by atoms with E-state index in [1.807, 2.05) is 0 Å². The molecular formula is C4H4O4. The summed E-state index contributed by atoms with van der Waals surface area (Å²) in [7, 11) is 0. The summed E-state index contributed by atoms with van der Waals surface area (Å²) in [5.41, 5.74) is 0. The summed E-state index contributed by atoms with van der Waals surface area (Å²) in [4.78, 5) is 28.8. The smallest absolute Gasteiger partial charge is 0.321 e. The van der Waals surface area contributed by atoms with Crippen molar-refractivity contribution in [2.45, 2.75) is 0 Å². The number of aldehydes is 2. The first kappa shape index (κ1) is 6.81. The monoisotopic (exact) mass is 116 g/mol. The van der Waals surface area contributed by atoms with Crippen LogP contribution in [0.15, 0.2) is 0 Å². The Morgan fingerprint density at radius 2 is 1.75 bits per heavy atom. The van der Waals surface area contributed by atoms with Crippen LogP contribution in [0.5, 0.6) is 0 Å². The molecule has 0 aromatic carbocycles. The predicted molar refractivity (Wildman–Crippen MR) is 23.3 cm³/mol. The van der Waals surface area contributed by atoms with E-state index in [4.69, 9.17) is 5.11 Å². The van der Waals surface area contributed by atoms with Gasteiger partial charge < -0.3 is 14.7 Å². The molecule has 0 bridgehead atoms. The fourth-order valence-electron chi connectivity index (χ4n) is 0.148. The van der Waals surface area contributed by atoms with Crippen molar-refractivity contribution in [2.75, 3.05) is 0 Å². The Balaban J connectivity index is 3.88. The summed E-state index contributed by atoms with van der Waals surface area (Å²) in [6.45, 7) is 0. The summed E-state index contributed by atoms with van der Waals surface area (Å²) in [6, 6.07) is 0. The molecule has 0 spiro atoms. The molecule has 0 aromatic rings. The first-order valence-corrected chi connectivity index (χ1v) is 1.85. The highest BCUT2D eigenvalue weighted by molar-refractivity contribution is 6.01. The zero-order valence-electron chi connectivity index (χ0n) is 3.90. The van der Waals surface area contributed by atoms with Gasteiger partial charge in [-0.2, -0.15) is 0 Å². The number of hydrogen-bond donors (Lipinski definition) is 1. The maximum absolute atomic E-state index is 9.70. The molecule has 0 aromatic heterocycles. The Morgan fingerprint density at radius 1 is 1.38 bits per heavy atom. The third-order valence-corrected chi connectivity index (χ3v) is 0.578. The minimum absolute atomic E-state index is 0.0787. The molecule has 0 aliphatic heterocycles. The van der Waals surface area contributed by atoms with Crippen LogP contribution in [0.3, 0.4) is 0 Å². The summed E-state index contributed by atoms with van der Waals surface area (Å²) in [5.74, 6) is -2.90. The van der Waals surface area contributed by atoms with Gasteiger partial charge in [-0.25, -0.2) is 0 Å². The quantitative estimate of drug-likeness (QED) is 0.382. The van der Waals surface area contributed by atoms with Crippen molar-refractivity contribution in [3.05, 3.63) is 0 Å². The maximum atomic E-state index is 9.70. The Hall–Kier alpha value is -1.19. The number of rotatable bonds is 3. The van der Waals surface area contributed by atoms with Gasteiger partial charge in [0.25, 0.3) is 0 Å². The molecule has 44 valence electrons. The van der Waals surface area contributed by atoms with Crippen LogP contribution < -0.4 is 0 Å². The number of carboxylic acids is 1. The van der Waals surface area contributed by atoms with E-state index in [0.717, 1.165) is 0 Å². The van der Waals surface area contributed by atoms with E-state index in [-0.39, 0.29) is 12.6 Å². The molecule has 8 heavy (non-hydrogen) atoms. The molecule has 0 radical (unpaired) electrons. The highest BCUT2D eigenvalue weighted by atomic mass is 16.4. The average molecular weight is 116 g/mol. The molecular weight excluding hydrogens is 112 g/mol. The zero-order chi connectivity index (χ0) is 6.57. The molecule has 0 rings (SSSR count). The van der Waals surface area contributed by atoms with E-state index in [0.29, 0.717) is 0 Å². The normalized spacial score (nSPS) is 8.62. The van der Waals surface area contributed by atoms with E-state index in [1.165, 1.54) is 0 Å². The number of aliphatic carboxylic acids is 1. The fourth-order valence-corrected chi connectivity index (χ4v) is 0.148. The Labute approximate surface area is 45.1 Å². The van der Waals surface area contributed by atoms with Crippen molar-refractivity contribution in [3.63, 3.8) is 0 Å². The number of hydrogen-bond acceptors (Lipinski definition) is 3. The van der Waals surface area contributed by atoms with Crippen LogP contribution in [0, 0.1) is 5.92 Å². The second kappa shape index (κ2) is 2.90. The highest BCUT2D eigenvalue weighted by Gasteiger charge is 2.13. The van der Waals surface area contributed by atoms with Gasteiger partial charge in [-0.15, -0.1) is 0 Å². The van der Waals surface area contributed by atoms with Crippen LogP contribution in [-0.4, -0.2) is 23.6 Å². The van der Waals surface area contributed by atoms with Crippen molar-refractivity contribution in [2.24, 2.45) is 5.92 Å². The van der Waals surface area contributed by atoms with Crippen LogP contribution in [0.4, 0.5) is 0 Å². The standard InChI is InChI=1S/C4H4O4/c5-1-3(2-6)4(7)8/h1-3H,(H,7,8). The molecule has 0 saturated heterocycles. The molecule has 0 fully saturated rings. The number of carboxylic acid groups (broad SMARTS) is 1. The minimum Gasteiger partial charge on any atom is -0.480 e. The van der Waals surface area contributed by atoms with Gasteiger partial charge in [-0.1, -0.05) is 0 Å². The molecule has 0 unspecified atom stereocenters. The van der Waals surface area contributed by atoms with Gasteiger partial charge in [-0.05, 0) is 0 Å². The summed E-state index contributed by atoms with van der Waals surface area (Å²) >= 11 is 0. The van der Waals surface area contributed by atoms with Gasteiger partial charge in [0.2, 0.25) is 0 Å². The Bertz CT molecular complexity index is 109. The second-order valence-corrected chi connectivity index (χ2v) is 1.14. The van der Waals surface area contributed by atoms with Gasteiger partial charge in [-0.3, -0.25) is 4.79 Å². The predicted octanol–water partition coefficient (Wildman–Crippen LogP) is -0.915. The molecule has 0 atom stereocenters. The lowest BCUT2D eigenvalue weighted by atomic mass is 10.2. The average Bonchev–Trinajstić information content (AvgIpc) is 1.69. The van der Waals surface area contributed by atoms with Gasteiger partial charge in [0.1, 0.15) is 12.6 Å². The SMILES string of the molecule is O=CC(C=O)C(=O)O. The van der Waals surface area contributed by atoms with Gasteiger partial charge >= 0.3 is 5.97 Å². The maximum Gasteiger partial charge on any atom is 0.321 e. The minimum atomic E-state index is -1.49. The zero-order valence-corrected chi connectivity index (χ0v) is 3.90. The van der Waals surface area contributed by atoms with Crippen LogP contribution in [0.25, 0.3) is 0 Å². The van der Waals surface area contributed by atoms with Gasteiger partial charge in [0.05, 0.1) is 0 Å². The molecule has 0 amide bonds. The molecule has 4 heteroatoms. The Kier molecular flexibility index (Phi) is 2.47. The molecule has 0 saturated carbocycles.